The molecule has 0 radical (unpaired) electrons. The summed E-state index contributed by atoms with van der Waals surface area (Å²) >= 11 is 5.28. The molecule has 74 valence electrons. The maximum atomic E-state index is 6.05. The third-order valence-electron chi connectivity index (χ3n) is 2.11. The highest BCUT2D eigenvalue weighted by Crippen LogP contribution is 2.32. The minimum absolute atomic E-state index is 0.231. The van der Waals surface area contributed by atoms with Crippen molar-refractivity contribution in [1.82, 2.24) is 0 Å². The van der Waals surface area contributed by atoms with Crippen LogP contribution in [0.25, 0.3) is 0 Å². The molecule has 0 amide bonds. The van der Waals surface area contributed by atoms with E-state index in [0.717, 1.165) is 6.42 Å². The van der Waals surface area contributed by atoms with Crippen molar-refractivity contribution in [2.45, 2.75) is 39.2 Å². The highest BCUT2D eigenvalue weighted by Gasteiger charge is 2.09. The molecule has 0 saturated carbocycles. The minimum atomic E-state index is 0.231. The van der Waals surface area contributed by atoms with Crippen molar-refractivity contribution in [2.75, 3.05) is 0 Å². The molecule has 1 atom stereocenters. The number of nitrogens with two attached hydrogens (primary N) is 1. The van der Waals surface area contributed by atoms with E-state index >= 15 is 0 Å². The molecule has 0 aliphatic carbocycles. The lowest BCUT2D eigenvalue weighted by Gasteiger charge is -2.07. The second-order valence-electron chi connectivity index (χ2n) is 3.35. The van der Waals surface area contributed by atoms with Crippen molar-refractivity contribution in [2.24, 2.45) is 5.73 Å². The average Bonchev–Trinajstić information content (AvgIpc) is 2.43. The molecule has 0 bridgehead atoms. The summed E-state index contributed by atoms with van der Waals surface area (Å²) in [5, 5.41) is 0. The fourth-order valence-corrected chi connectivity index (χ4v) is 2.84. The molecule has 1 unspecified atom stereocenters. The van der Waals surface area contributed by atoms with E-state index in [2.05, 4.69) is 35.8 Å². The lowest BCUT2D eigenvalue weighted by Crippen LogP contribution is -2.07. The van der Waals surface area contributed by atoms with Gasteiger partial charge in [-0.05, 0) is 40.9 Å². The molecule has 2 N–H and O–H groups in total. The molecule has 1 aromatic rings. The molecular formula is C10H16BrNS. The van der Waals surface area contributed by atoms with E-state index in [9.17, 15) is 0 Å². The third kappa shape index (κ3) is 3.08. The van der Waals surface area contributed by atoms with Crippen molar-refractivity contribution in [3.63, 3.8) is 0 Å². The summed E-state index contributed by atoms with van der Waals surface area (Å²) in [5.41, 5.74) is 7.35. The number of aryl methyl sites for hydroxylation is 1. The van der Waals surface area contributed by atoms with E-state index < -0.39 is 0 Å². The number of thiophene rings is 1. The largest absolute Gasteiger partial charge is 0.323 e. The van der Waals surface area contributed by atoms with E-state index in [1.165, 1.54) is 27.1 Å². The van der Waals surface area contributed by atoms with Gasteiger partial charge in [0.15, 0.2) is 0 Å². The normalized spacial score (nSPS) is 13.2. The fraction of sp³-hybridized carbons (Fsp3) is 0.600. The summed E-state index contributed by atoms with van der Waals surface area (Å²) in [6.45, 7) is 4.30. The predicted octanol–water partition coefficient (Wildman–Crippen LogP) is 4.01. The zero-order valence-electron chi connectivity index (χ0n) is 8.14. The van der Waals surface area contributed by atoms with E-state index in [4.69, 9.17) is 5.73 Å². The standard InChI is InChI=1S/C10H16BrNS/c1-3-4-5-8(12)9-6-7(2)10(11)13-9/h6,8H,3-5,12H2,1-2H3. The zero-order chi connectivity index (χ0) is 9.84. The van der Waals surface area contributed by atoms with Gasteiger partial charge < -0.3 is 5.73 Å². The summed E-state index contributed by atoms with van der Waals surface area (Å²) in [6, 6.07) is 2.42. The highest BCUT2D eigenvalue weighted by molar-refractivity contribution is 9.11. The zero-order valence-corrected chi connectivity index (χ0v) is 10.5. The molecule has 0 aromatic carbocycles. The van der Waals surface area contributed by atoms with Crippen molar-refractivity contribution >= 4 is 27.3 Å². The van der Waals surface area contributed by atoms with Crippen LogP contribution in [-0.2, 0) is 0 Å². The number of unbranched alkanes of at least 4 members (excludes halogenated alkanes) is 1. The van der Waals surface area contributed by atoms with Crippen molar-refractivity contribution in [1.29, 1.82) is 0 Å². The monoisotopic (exact) mass is 261 g/mol. The molecular weight excluding hydrogens is 246 g/mol. The maximum absolute atomic E-state index is 6.05. The number of halogens is 1. The van der Waals surface area contributed by atoms with Gasteiger partial charge in [-0.1, -0.05) is 19.8 Å². The van der Waals surface area contributed by atoms with Gasteiger partial charge in [0.05, 0.1) is 3.79 Å². The SMILES string of the molecule is CCCCC(N)c1cc(C)c(Br)s1. The molecule has 0 spiro atoms. The van der Waals surface area contributed by atoms with E-state index in [0.29, 0.717) is 0 Å². The van der Waals surface area contributed by atoms with Crippen LogP contribution in [0.2, 0.25) is 0 Å². The van der Waals surface area contributed by atoms with Crippen LogP contribution >= 0.6 is 27.3 Å². The highest BCUT2D eigenvalue weighted by atomic mass is 79.9. The molecule has 0 saturated heterocycles. The lowest BCUT2D eigenvalue weighted by molar-refractivity contribution is 0.611. The van der Waals surface area contributed by atoms with Gasteiger partial charge in [0.1, 0.15) is 0 Å². The first-order valence-electron chi connectivity index (χ1n) is 4.66. The van der Waals surface area contributed by atoms with Crippen molar-refractivity contribution < 1.29 is 0 Å². The first-order valence-corrected chi connectivity index (χ1v) is 6.27. The Hall–Kier alpha value is 0.140. The Balaban J connectivity index is 2.60. The van der Waals surface area contributed by atoms with Crippen LogP contribution in [0.1, 0.15) is 42.7 Å². The quantitative estimate of drug-likeness (QED) is 0.871. The van der Waals surface area contributed by atoms with Crippen LogP contribution in [-0.4, -0.2) is 0 Å². The van der Waals surface area contributed by atoms with Crippen molar-refractivity contribution in [3.05, 3.63) is 20.3 Å². The van der Waals surface area contributed by atoms with Gasteiger partial charge in [0.2, 0.25) is 0 Å². The Morgan fingerprint density at radius 2 is 2.31 bits per heavy atom. The van der Waals surface area contributed by atoms with Gasteiger partial charge in [-0.15, -0.1) is 11.3 Å². The molecule has 3 heteroatoms. The predicted molar refractivity (Wildman–Crippen MR) is 63.2 cm³/mol. The second-order valence-corrected chi connectivity index (χ2v) is 5.76. The molecule has 0 fully saturated rings. The van der Waals surface area contributed by atoms with Gasteiger partial charge >= 0.3 is 0 Å². The van der Waals surface area contributed by atoms with Crippen LogP contribution in [0, 0.1) is 6.92 Å². The van der Waals surface area contributed by atoms with Gasteiger partial charge in [-0.25, -0.2) is 0 Å². The van der Waals surface area contributed by atoms with Gasteiger partial charge in [0, 0.05) is 10.9 Å². The van der Waals surface area contributed by atoms with Crippen molar-refractivity contribution in [3.8, 4) is 0 Å². The summed E-state index contributed by atoms with van der Waals surface area (Å²) in [6.07, 6.45) is 3.54. The Bertz CT molecular complexity index is 250. The van der Waals surface area contributed by atoms with Gasteiger partial charge in [-0.3, -0.25) is 0 Å². The van der Waals surface area contributed by atoms with Crippen LogP contribution < -0.4 is 5.73 Å². The summed E-state index contributed by atoms with van der Waals surface area (Å²) < 4.78 is 1.22. The molecule has 0 aliphatic heterocycles. The van der Waals surface area contributed by atoms with E-state index in [1.54, 1.807) is 11.3 Å². The molecule has 1 heterocycles. The number of hydrogen-bond acceptors (Lipinski definition) is 2. The fourth-order valence-electron chi connectivity index (χ4n) is 1.23. The first kappa shape index (κ1) is 11.2. The summed E-state index contributed by atoms with van der Waals surface area (Å²) in [4.78, 5) is 1.30. The summed E-state index contributed by atoms with van der Waals surface area (Å²) in [7, 11) is 0. The van der Waals surface area contributed by atoms with Crippen LogP contribution in [0.5, 0.6) is 0 Å². The maximum Gasteiger partial charge on any atom is 0.0731 e. The van der Waals surface area contributed by atoms with Crippen LogP contribution in [0.15, 0.2) is 9.85 Å². The summed E-state index contributed by atoms with van der Waals surface area (Å²) in [5.74, 6) is 0. The molecule has 0 aliphatic rings. The number of rotatable bonds is 4. The Morgan fingerprint density at radius 1 is 1.62 bits per heavy atom. The Morgan fingerprint density at radius 3 is 2.77 bits per heavy atom. The smallest absolute Gasteiger partial charge is 0.0731 e. The molecule has 13 heavy (non-hydrogen) atoms. The number of hydrogen-bond donors (Lipinski definition) is 1. The van der Waals surface area contributed by atoms with E-state index in [-0.39, 0.29) is 6.04 Å². The minimum Gasteiger partial charge on any atom is -0.323 e. The lowest BCUT2D eigenvalue weighted by atomic mass is 10.1. The Kier molecular flexibility index (Phi) is 4.42. The molecule has 1 rings (SSSR count). The average molecular weight is 262 g/mol. The van der Waals surface area contributed by atoms with E-state index in [1.807, 2.05) is 0 Å². The van der Waals surface area contributed by atoms with Crippen LogP contribution in [0.3, 0.4) is 0 Å². The second kappa shape index (κ2) is 5.13. The topological polar surface area (TPSA) is 26.0 Å². The molecule has 1 nitrogen and oxygen atoms in total. The van der Waals surface area contributed by atoms with Gasteiger partial charge in [-0.2, -0.15) is 0 Å². The van der Waals surface area contributed by atoms with Crippen LogP contribution in [0.4, 0.5) is 0 Å². The third-order valence-corrected chi connectivity index (χ3v) is 4.38. The van der Waals surface area contributed by atoms with Gasteiger partial charge in [0.25, 0.3) is 0 Å². The molecule has 1 aromatic heterocycles. The Labute approximate surface area is 92.5 Å². The first-order chi connectivity index (χ1) is 6.15.